The Bertz CT molecular complexity index is 945. The summed E-state index contributed by atoms with van der Waals surface area (Å²) >= 11 is 0. The van der Waals surface area contributed by atoms with E-state index in [4.69, 9.17) is 9.57 Å². The van der Waals surface area contributed by atoms with E-state index >= 15 is 0 Å². The van der Waals surface area contributed by atoms with E-state index in [1.165, 1.54) is 0 Å². The molecule has 0 bridgehead atoms. The zero-order valence-corrected chi connectivity index (χ0v) is 16.1. The van der Waals surface area contributed by atoms with Gasteiger partial charge in [-0.15, -0.1) is 0 Å². The van der Waals surface area contributed by atoms with Crippen LogP contribution in [0.1, 0.15) is 54.2 Å². The van der Waals surface area contributed by atoms with Gasteiger partial charge in [-0.05, 0) is 61.6 Å². The lowest BCUT2D eigenvalue weighted by molar-refractivity contribution is 0.180. The first-order valence-electron chi connectivity index (χ1n) is 9.21. The third-order valence-corrected chi connectivity index (χ3v) is 4.59. The number of nitriles is 1. The summed E-state index contributed by atoms with van der Waals surface area (Å²) in [7, 11) is 0. The SMILES string of the molecule is C=NOC(=NCc1cccc2c1CCC2O)c1ccc(OC(C)C)c(C#N)c1. The molecule has 0 radical (unpaired) electrons. The van der Waals surface area contributed by atoms with Crippen molar-refractivity contribution in [2.24, 2.45) is 10.1 Å². The van der Waals surface area contributed by atoms with Crippen molar-refractivity contribution in [2.45, 2.75) is 45.4 Å². The lowest BCUT2D eigenvalue weighted by Crippen LogP contribution is -2.09. The van der Waals surface area contributed by atoms with Crippen LogP contribution in [0.4, 0.5) is 0 Å². The summed E-state index contributed by atoms with van der Waals surface area (Å²) in [5.41, 5.74) is 4.17. The van der Waals surface area contributed by atoms with Crippen molar-refractivity contribution >= 4 is 12.6 Å². The average molecular weight is 377 g/mol. The summed E-state index contributed by atoms with van der Waals surface area (Å²) in [6.45, 7) is 7.56. The van der Waals surface area contributed by atoms with E-state index in [9.17, 15) is 10.4 Å². The smallest absolute Gasteiger partial charge is 0.251 e. The van der Waals surface area contributed by atoms with E-state index in [0.29, 0.717) is 23.4 Å². The number of hydrogen-bond acceptors (Lipinski definition) is 6. The highest BCUT2D eigenvalue weighted by atomic mass is 16.6. The summed E-state index contributed by atoms with van der Waals surface area (Å²) < 4.78 is 5.66. The van der Waals surface area contributed by atoms with Gasteiger partial charge in [-0.3, -0.25) is 0 Å². The molecule has 28 heavy (non-hydrogen) atoms. The number of hydrogen-bond donors (Lipinski definition) is 1. The standard InChI is InChI=1S/C22H23N3O3/c1-14(2)27-21-10-7-15(11-17(21)12-23)22(28-24-3)25-13-16-5-4-6-19-18(16)8-9-20(19)26/h4-7,10-11,14,20,26H,3,8-9,13H2,1-2H3. The molecule has 2 aromatic carbocycles. The predicted octanol–water partition coefficient (Wildman–Crippen LogP) is 3.90. The van der Waals surface area contributed by atoms with Gasteiger partial charge in [-0.1, -0.05) is 23.4 Å². The van der Waals surface area contributed by atoms with Gasteiger partial charge in [0.25, 0.3) is 5.90 Å². The number of aliphatic imine (C=N–C) groups is 1. The van der Waals surface area contributed by atoms with Gasteiger partial charge < -0.3 is 14.7 Å². The summed E-state index contributed by atoms with van der Waals surface area (Å²) in [4.78, 5) is 9.83. The van der Waals surface area contributed by atoms with Gasteiger partial charge in [0.1, 0.15) is 11.8 Å². The van der Waals surface area contributed by atoms with Gasteiger partial charge >= 0.3 is 0 Å². The van der Waals surface area contributed by atoms with Gasteiger partial charge in [-0.25, -0.2) is 4.99 Å². The van der Waals surface area contributed by atoms with Crippen LogP contribution in [0, 0.1) is 11.3 Å². The molecule has 6 nitrogen and oxygen atoms in total. The molecule has 0 aromatic heterocycles. The zero-order valence-electron chi connectivity index (χ0n) is 16.1. The van der Waals surface area contributed by atoms with Crippen LogP contribution in [0.5, 0.6) is 5.75 Å². The van der Waals surface area contributed by atoms with Crippen molar-refractivity contribution < 1.29 is 14.7 Å². The molecule has 0 saturated carbocycles. The lowest BCUT2D eigenvalue weighted by atomic mass is 10.0. The molecule has 1 atom stereocenters. The second-order valence-corrected chi connectivity index (χ2v) is 6.87. The Labute approximate surface area is 164 Å². The monoisotopic (exact) mass is 377 g/mol. The molecule has 1 aliphatic carbocycles. The van der Waals surface area contributed by atoms with E-state index in [2.05, 4.69) is 22.9 Å². The number of oxime groups is 1. The van der Waals surface area contributed by atoms with Crippen molar-refractivity contribution in [1.82, 2.24) is 0 Å². The summed E-state index contributed by atoms with van der Waals surface area (Å²) in [5, 5.41) is 23.0. The van der Waals surface area contributed by atoms with Gasteiger partial charge in [-0.2, -0.15) is 5.26 Å². The van der Waals surface area contributed by atoms with Gasteiger partial charge in [0, 0.05) is 12.3 Å². The quantitative estimate of drug-likeness (QED) is 0.470. The molecule has 1 N–H and O–H groups in total. The third kappa shape index (κ3) is 4.21. The Balaban J connectivity index is 1.90. The molecule has 3 rings (SSSR count). The van der Waals surface area contributed by atoms with Crippen molar-refractivity contribution in [3.63, 3.8) is 0 Å². The molecular weight excluding hydrogens is 354 g/mol. The molecule has 0 aliphatic heterocycles. The lowest BCUT2D eigenvalue weighted by Gasteiger charge is -2.12. The van der Waals surface area contributed by atoms with E-state index in [1.54, 1.807) is 18.2 Å². The number of nitrogens with zero attached hydrogens (tertiary/aromatic N) is 3. The highest BCUT2D eigenvalue weighted by molar-refractivity contribution is 5.94. The molecule has 6 heteroatoms. The molecule has 0 spiro atoms. The first-order valence-corrected chi connectivity index (χ1v) is 9.21. The molecular formula is C22H23N3O3. The molecule has 2 aromatic rings. The first kappa shape index (κ1) is 19.6. The Morgan fingerprint density at radius 3 is 2.89 bits per heavy atom. The Morgan fingerprint density at radius 2 is 2.18 bits per heavy atom. The van der Waals surface area contributed by atoms with Crippen molar-refractivity contribution in [3.05, 3.63) is 64.2 Å². The summed E-state index contributed by atoms with van der Waals surface area (Å²) in [5.74, 6) is 0.792. The Hall–Kier alpha value is -3.17. The zero-order chi connectivity index (χ0) is 20.1. The minimum atomic E-state index is -0.406. The van der Waals surface area contributed by atoms with Crippen LogP contribution in [0.25, 0.3) is 0 Å². The van der Waals surface area contributed by atoms with E-state index in [1.807, 2.05) is 32.0 Å². The van der Waals surface area contributed by atoms with Crippen LogP contribution in [-0.4, -0.2) is 23.8 Å². The van der Waals surface area contributed by atoms with Crippen molar-refractivity contribution in [1.29, 1.82) is 5.26 Å². The minimum Gasteiger partial charge on any atom is -0.490 e. The second-order valence-electron chi connectivity index (χ2n) is 6.87. The molecule has 0 heterocycles. The van der Waals surface area contributed by atoms with Crippen LogP contribution in [0.3, 0.4) is 0 Å². The predicted molar refractivity (Wildman–Crippen MR) is 108 cm³/mol. The second kappa shape index (κ2) is 8.68. The van der Waals surface area contributed by atoms with E-state index < -0.39 is 6.10 Å². The normalized spacial score (nSPS) is 15.8. The number of fused-ring (bicyclic) bond motifs is 1. The molecule has 1 unspecified atom stereocenters. The van der Waals surface area contributed by atoms with Crippen LogP contribution >= 0.6 is 0 Å². The molecule has 0 amide bonds. The topological polar surface area (TPSA) is 87.2 Å². The first-order chi connectivity index (χ1) is 13.5. The number of rotatable bonds is 6. The molecule has 0 saturated heterocycles. The largest absolute Gasteiger partial charge is 0.490 e. The average Bonchev–Trinajstić information content (AvgIpc) is 3.07. The van der Waals surface area contributed by atoms with Crippen molar-refractivity contribution in [3.8, 4) is 11.8 Å². The minimum absolute atomic E-state index is 0.0345. The number of aliphatic hydroxyl groups excluding tert-OH is 1. The maximum absolute atomic E-state index is 10.1. The highest BCUT2D eigenvalue weighted by Gasteiger charge is 2.22. The van der Waals surface area contributed by atoms with Gasteiger partial charge in [0.15, 0.2) is 0 Å². The molecule has 1 aliphatic rings. The van der Waals surface area contributed by atoms with Crippen LogP contribution in [0.2, 0.25) is 0 Å². The fourth-order valence-electron chi connectivity index (χ4n) is 3.35. The summed E-state index contributed by atoms with van der Waals surface area (Å²) in [6, 6.07) is 13.2. The number of aliphatic hydroxyl groups is 1. The van der Waals surface area contributed by atoms with Gasteiger partial charge in [0.05, 0.1) is 24.3 Å². The number of ether oxygens (including phenoxy) is 1. The third-order valence-electron chi connectivity index (χ3n) is 4.59. The van der Waals surface area contributed by atoms with Crippen LogP contribution in [0.15, 0.2) is 46.5 Å². The molecule has 144 valence electrons. The van der Waals surface area contributed by atoms with E-state index in [-0.39, 0.29) is 12.0 Å². The number of benzene rings is 2. The Morgan fingerprint density at radius 1 is 1.36 bits per heavy atom. The fourth-order valence-corrected chi connectivity index (χ4v) is 3.35. The van der Waals surface area contributed by atoms with Gasteiger partial charge in [0.2, 0.25) is 0 Å². The van der Waals surface area contributed by atoms with Crippen molar-refractivity contribution in [2.75, 3.05) is 0 Å². The van der Waals surface area contributed by atoms with E-state index in [0.717, 1.165) is 29.5 Å². The highest BCUT2D eigenvalue weighted by Crippen LogP contribution is 2.33. The van der Waals surface area contributed by atoms with Crippen LogP contribution < -0.4 is 4.74 Å². The molecule has 0 fully saturated rings. The fraction of sp³-hybridized carbons (Fsp3) is 0.318. The maximum atomic E-state index is 10.1. The maximum Gasteiger partial charge on any atom is 0.251 e. The summed E-state index contributed by atoms with van der Waals surface area (Å²) in [6.07, 6.45) is 1.12. The van der Waals surface area contributed by atoms with Crippen LogP contribution in [-0.2, 0) is 17.8 Å². The Kier molecular flexibility index (Phi) is 6.07.